The van der Waals surface area contributed by atoms with Gasteiger partial charge < -0.3 is 14.7 Å². The number of ether oxygens (including phenoxy) is 1. The standard InChI is InChI=1S/C26H36N2O3/c1-3-4-20-31-25-12-10-24(11-13-25)28(22(2)29)19-16-26(30)14-17-27(18-15-26)21-23-8-6-5-7-9-23/h5-13,30H,3-4,14-21H2,1-2H3. The molecule has 0 bridgehead atoms. The summed E-state index contributed by atoms with van der Waals surface area (Å²) in [5.41, 5.74) is 1.43. The summed E-state index contributed by atoms with van der Waals surface area (Å²) in [7, 11) is 0. The minimum Gasteiger partial charge on any atom is -0.494 e. The lowest BCUT2D eigenvalue weighted by molar-refractivity contribution is -0.116. The van der Waals surface area contributed by atoms with Crippen LogP contribution in [0, 0.1) is 0 Å². The highest BCUT2D eigenvalue weighted by molar-refractivity contribution is 5.91. The molecule has 0 unspecified atom stereocenters. The highest BCUT2D eigenvalue weighted by atomic mass is 16.5. The van der Waals surface area contributed by atoms with Crippen LogP contribution in [0.5, 0.6) is 5.75 Å². The number of amides is 1. The molecule has 5 heteroatoms. The summed E-state index contributed by atoms with van der Waals surface area (Å²) in [6.45, 7) is 7.60. The van der Waals surface area contributed by atoms with Crippen molar-refractivity contribution in [2.24, 2.45) is 0 Å². The fourth-order valence-electron chi connectivity index (χ4n) is 4.06. The zero-order chi connectivity index (χ0) is 22.1. The van der Waals surface area contributed by atoms with E-state index in [2.05, 4.69) is 36.1 Å². The van der Waals surface area contributed by atoms with E-state index in [9.17, 15) is 9.90 Å². The molecule has 0 spiro atoms. The van der Waals surface area contributed by atoms with Crippen molar-refractivity contribution in [3.63, 3.8) is 0 Å². The predicted octanol–water partition coefficient (Wildman–Crippen LogP) is 4.64. The fraction of sp³-hybridized carbons (Fsp3) is 0.500. The summed E-state index contributed by atoms with van der Waals surface area (Å²) in [6, 6.07) is 18.1. The molecule has 1 N–H and O–H groups in total. The molecule has 1 saturated heterocycles. The van der Waals surface area contributed by atoms with Crippen molar-refractivity contribution in [1.82, 2.24) is 4.90 Å². The van der Waals surface area contributed by atoms with Crippen molar-refractivity contribution >= 4 is 11.6 Å². The van der Waals surface area contributed by atoms with Gasteiger partial charge in [-0.25, -0.2) is 0 Å². The molecular formula is C26H36N2O3. The molecule has 168 valence electrons. The van der Waals surface area contributed by atoms with Gasteiger partial charge in [0.05, 0.1) is 12.2 Å². The van der Waals surface area contributed by atoms with Crippen LogP contribution in [0.25, 0.3) is 0 Å². The Bertz CT molecular complexity index is 799. The number of benzene rings is 2. The normalized spacial score (nSPS) is 16.1. The third-order valence-corrected chi connectivity index (χ3v) is 6.13. The lowest BCUT2D eigenvalue weighted by Crippen LogP contribution is -2.46. The first kappa shape index (κ1) is 23.3. The van der Waals surface area contributed by atoms with Crippen LogP contribution in [0.15, 0.2) is 54.6 Å². The van der Waals surface area contributed by atoms with Gasteiger partial charge in [-0.15, -0.1) is 0 Å². The number of rotatable bonds is 10. The van der Waals surface area contributed by atoms with E-state index in [-0.39, 0.29) is 5.91 Å². The van der Waals surface area contributed by atoms with Crippen molar-refractivity contribution in [2.45, 2.75) is 58.1 Å². The van der Waals surface area contributed by atoms with E-state index in [1.165, 1.54) is 5.56 Å². The quantitative estimate of drug-likeness (QED) is 0.565. The Labute approximate surface area is 186 Å². The van der Waals surface area contributed by atoms with Gasteiger partial charge in [-0.2, -0.15) is 0 Å². The average molecular weight is 425 g/mol. The molecule has 0 atom stereocenters. The van der Waals surface area contributed by atoms with E-state index in [4.69, 9.17) is 4.74 Å². The van der Waals surface area contributed by atoms with Gasteiger partial charge in [0, 0.05) is 38.8 Å². The highest BCUT2D eigenvalue weighted by Crippen LogP contribution is 2.28. The van der Waals surface area contributed by atoms with Crippen LogP contribution >= 0.6 is 0 Å². The van der Waals surface area contributed by atoms with Gasteiger partial charge >= 0.3 is 0 Å². The number of nitrogens with zero attached hydrogens (tertiary/aromatic N) is 2. The van der Waals surface area contributed by atoms with Crippen LogP contribution in [0.3, 0.4) is 0 Å². The number of carbonyl (C=O) groups excluding carboxylic acids is 1. The Kier molecular flexibility index (Phi) is 8.50. The Morgan fingerprint density at radius 3 is 2.39 bits per heavy atom. The van der Waals surface area contributed by atoms with Crippen LogP contribution in [0.4, 0.5) is 5.69 Å². The lowest BCUT2D eigenvalue weighted by atomic mass is 9.87. The van der Waals surface area contributed by atoms with Crippen LogP contribution < -0.4 is 9.64 Å². The van der Waals surface area contributed by atoms with Gasteiger partial charge in [0.1, 0.15) is 5.75 Å². The molecule has 0 saturated carbocycles. The van der Waals surface area contributed by atoms with Crippen molar-refractivity contribution in [3.8, 4) is 5.75 Å². The van der Waals surface area contributed by atoms with Crippen LogP contribution in [-0.4, -0.2) is 47.8 Å². The van der Waals surface area contributed by atoms with Gasteiger partial charge in [0.25, 0.3) is 0 Å². The van der Waals surface area contributed by atoms with E-state index in [1.54, 1.807) is 11.8 Å². The minimum atomic E-state index is -0.718. The van der Waals surface area contributed by atoms with E-state index in [1.807, 2.05) is 30.3 Å². The maximum atomic E-state index is 12.3. The summed E-state index contributed by atoms with van der Waals surface area (Å²) in [5, 5.41) is 11.1. The van der Waals surface area contributed by atoms with Gasteiger partial charge in [-0.1, -0.05) is 43.7 Å². The summed E-state index contributed by atoms with van der Waals surface area (Å²) in [6.07, 6.45) is 4.18. The van der Waals surface area contributed by atoms with E-state index in [0.29, 0.717) is 19.6 Å². The van der Waals surface area contributed by atoms with Gasteiger partial charge in [-0.3, -0.25) is 9.69 Å². The molecule has 3 rings (SSSR count). The first-order chi connectivity index (χ1) is 15.0. The van der Waals surface area contributed by atoms with E-state index in [0.717, 1.165) is 56.8 Å². The largest absolute Gasteiger partial charge is 0.494 e. The zero-order valence-electron chi connectivity index (χ0n) is 18.9. The molecule has 2 aromatic carbocycles. The Morgan fingerprint density at radius 1 is 1.10 bits per heavy atom. The first-order valence-electron chi connectivity index (χ1n) is 11.5. The summed E-state index contributed by atoms with van der Waals surface area (Å²) >= 11 is 0. The minimum absolute atomic E-state index is 0.00948. The Balaban J connectivity index is 1.51. The molecule has 1 aliphatic heterocycles. The number of hydrogen-bond acceptors (Lipinski definition) is 4. The van der Waals surface area contributed by atoms with Gasteiger partial charge in [0.15, 0.2) is 0 Å². The number of carbonyl (C=O) groups is 1. The van der Waals surface area contributed by atoms with Crippen LogP contribution in [0.2, 0.25) is 0 Å². The first-order valence-corrected chi connectivity index (χ1v) is 11.5. The van der Waals surface area contributed by atoms with Crippen LogP contribution in [0.1, 0.15) is 51.5 Å². The van der Waals surface area contributed by atoms with Crippen molar-refractivity contribution in [2.75, 3.05) is 31.1 Å². The topological polar surface area (TPSA) is 53.0 Å². The van der Waals surface area contributed by atoms with Crippen LogP contribution in [-0.2, 0) is 11.3 Å². The monoisotopic (exact) mass is 424 g/mol. The predicted molar refractivity (Wildman–Crippen MR) is 125 cm³/mol. The molecule has 5 nitrogen and oxygen atoms in total. The molecule has 1 heterocycles. The second-order valence-corrected chi connectivity index (χ2v) is 8.60. The van der Waals surface area contributed by atoms with E-state index < -0.39 is 5.60 Å². The summed E-state index contributed by atoms with van der Waals surface area (Å²) in [4.78, 5) is 16.4. The smallest absolute Gasteiger partial charge is 0.223 e. The lowest BCUT2D eigenvalue weighted by Gasteiger charge is -2.39. The maximum Gasteiger partial charge on any atom is 0.223 e. The van der Waals surface area contributed by atoms with Crippen molar-refractivity contribution < 1.29 is 14.6 Å². The summed E-state index contributed by atoms with van der Waals surface area (Å²) < 4.78 is 5.72. The number of unbranched alkanes of at least 4 members (excludes halogenated alkanes) is 1. The van der Waals surface area contributed by atoms with Crippen molar-refractivity contribution in [3.05, 3.63) is 60.2 Å². The molecule has 0 aliphatic carbocycles. The molecule has 1 aliphatic rings. The van der Waals surface area contributed by atoms with Gasteiger partial charge in [0.2, 0.25) is 5.91 Å². The average Bonchev–Trinajstić information content (AvgIpc) is 2.77. The third-order valence-electron chi connectivity index (χ3n) is 6.13. The summed E-state index contributed by atoms with van der Waals surface area (Å²) in [5.74, 6) is 0.815. The Hall–Kier alpha value is -2.37. The van der Waals surface area contributed by atoms with E-state index >= 15 is 0 Å². The molecule has 0 radical (unpaired) electrons. The number of anilines is 1. The maximum absolute atomic E-state index is 12.3. The third kappa shape index (κ3) is 7.08. The second-order valence-electron chi connectivity index (χ2n) is 8.60. The molecule has 2 aromatic rings. The molecule has 0 aromatic heterocycles. The second kappa shape index (κ2) is 11.3. The van der Waals surface area contributed by atoms with Crippen molar-refractivity contribution in [1.29, 1.82) is 0 Å². The molecular weight excluding hydrogens is 388 g/mol. The fourth-order valence-corrected chi connectivity index (χ4v) is 4.06. The number of aliphatic hydroxyl groups is 1. The number of hydrogen-bond donors (Lipinski definition) is 1. The molecule has 1 amide bonds. The molecule has 31 heavy (non-hydrogen) atoms. The van der Waals surface area contributed by atoms with Gasteiger partial charge in [-0.05, 0) is 55.5 Å². The number of piperidine rings is 1. The Morgan fingerprint density at radius 2 is 1.77 bits per heavy atom. The zero-order valence-corrected chi connectivity index (χ0v) is 18.9. The highest BCUT2D eigenvalue weighted by Gasteiger charge is 2.32. The SMILES string of the molecule is CCCCOc1ccc(N(CCC2(O)CCN(Cc3ccccc3)CC2)C(C)=O)cc1. The number of likely N-dealkylation sites (tertiary alicyclic amines) is 1. The molecule has 1 fully saturated rings.